The minimum Gasteiger partial charge on any atom is -0.399 e. The highest BCUT2D eigenvalue weighted by molar-refractivity contribution is 9.10. The summed E-state index contributed by atoms with van der Waals surface area (Å²) in [6.45, 7) is 0. The Bertz CT molecular complexity index is 647. The first-order chi connectivity index (χ1) is 8.97. The molecular weight excluding hydrogens is 351 g/mol. The molecule has 0 spiro atoms. The van der Waals surface area contributed by atoms with Gasteiger partial charge in [0.05, 0.1) is 21.3 Å². The normalized spacial score (nSPS) is 10.3. The van der Waals surface area contributed by atoms with Crippen LogP contribution in [0.5, 0.6) is 0 Å². The molecule has 0 atom stereocenters. The summed E-state index contributed by atoms with van der Waals surface area (Å²) in [5.41, 5.74) is 6.97. The van der Waals surface area contributed by atoms with Crippen LogP contribution in [0.15, 0.2) is 40.9 Å². The highest BCUT2D eigenvalue weighted by Crippen LogP contribution is 2.26. The molecule has 0 aliphatic heterocycles. The van der Waals surface area contributed by atoms with Crippen LogP contribution in [0.4, 0.5) is 11.4 Å². The van der Waals surface area contributed by atoms with Gasteiger partial charge in [-0.25, -0.2) is 0 Å². The smallest absolute Gasteiger partial charge is 0.257 e. The highest BCUT2D eigenvalue weighted by atomic mass is 79.9. The second-order valence-electron chi connectivity index (χ2n) is 3.82. The molecule has 2 aromatic rings. The van der Waals surface area contributed by atoms with Crippen molar-refractivity contribution in [1.82, 2.24) is 0 Å². The number of nitrogens with two attached hydrogens (primary N) is 1. The van der Waals surface area contributed by atoms with E-state index in [0.29, 0.717) is 27.0 Å². The van der Waals surface area contributed by atoms with Crippen LogP contribution in [-0.2, 0) is 0 Å². The number of carbonyl (C=O) groups excluding carboxylic acids is 1. The van der Waals surface area contributed by atoms with E-state index in [2.05, 4.69) is 21.2 Å². The third-order valence-electron chi connectivity index (χ3n) is 2.41. The van der Waals surface area contributed by atoms with Crippen molar-refractivity contribution in [3.05, 3.63) is 56.5 Å². The van der Waals surface area contributed by atoms with E-state index in [1.54, 1.807) is 36.4 Å². The average Bonchev–Trinajstić information content (AvgIpc) is 2.36. The summed E-state index contributed by atoms with van der Waals surface area (Å²) in [5, 5.41) is 3.45. The summed E-state index contributed by atoms with van der Waals surface area (Å²) in [6.07, 6.45) is 0. The largest absolute Gasteiger partial charge is 0.399 e. The van der Waals surface area contributed by atoms with Crippen molar-refractivity contribution in [3.63, 3.8) is 0 Å². The summed E-state index contributed by atoms with van der Waals surface area (Å²) >= 11 is 15.3. The highest BCUT2D eigenvalue weighted by Gasteiger charge is 2.12. The molecule has 0 saturated heterocycles. The van der Waals surface area contributed by atoms with Crippen molar-refractivity contribution in [3.8, 4) is 0 Å². The van der Waals surface area contributed by atoms with E-state index in [1.165, 1.54) is 0 Å². The van der Waals surface area contributed by atoms with E-state index < -0.39 is 0 Å². The lowest BCUT2D eigenvalue weighted by Crippen LogP contribution is -2.13. The molecule has 0 aliphatic rings. The van der Waals surface area contributed by atoms with Gasteiger partial charge in [-0.3, -0.25) is 4.79 Å². The molecular formula is C13H9BrCl2N2O. The second kappa shape index (κ2) is 5.82. The molecule has 0 bridgehead atoms. The number of halogens is 3. The molecule has 0 heterocycles. The third-order valence-corrected chi connectivity index (χ3v) is 3.56. The summed E-state index contributed by atoms with van der Waals surface area (Å²) in [7, 11) is 0. The van der Waals surface area contributed by atoms with E-state index in [1.807, 2.05) is 0 Å². The molecule has 0 fully saturated rings. The van der Waals surface area contributed by atoms with Crippen LogP contribution in [0.25, 0.3) is 0 Å². The zero-order valence-electron chi connectivity index (χ0n) is 9.58. The number of hydrogen-bond donors (Lipinski definition) is 2. The molecule has 0 aliphatic carbocycles. The number of anilines is 2. The van der Waals surface area contributed by atoms with Gasteiger partial charge in [-0.1, -0.05) is 39.1 Å². The van der Waals surface area contributed by atoms with Crippen LogP contribution in [0.1, 0.15) is 10.4 Å². The summed E-state index contributed by atoms with van der Waals surface area (Å²) in [4.78, 5) is 12.1. The maximum atomic E-state index is 12.1. The van der Waals surface area contributed by atoms with Crippen LogP contribution in [0.2, 0.25) is 10.0 Å². The van der Waals surface area contributed by atoms with Gasteiger partial charge in [0.2, 0.25) is 0 Å². The number of nitrogens with one attached hydrogen (secondary N) is 1. The van der Waals surface area contributed by atoms with Crippen molar-refractivity contribution in [2.24, 2.45) is 0 Å². The Labute approximate surface area is 128 Å². The minimum absolute atomic E-state index is 0.348. The Morgan fingerprint density at radius 2 is 1.79 bits per heavy atom. The van der Waals surface area contributed by atoms with Gasteiger partial charge in [0, 0.05) is 10.2 Å². The topological polar surface area (TPSA) is 55.1 Å². The van der Waals surface area contributed by atoms with E-state index in [-0.39, 0.29) is 5.91 Å². The van der Waals surface area contributed by atoms with Crippen molar-refractivity contribution in [2.45, 2.75) is 0 Å². The molecule has 98 valence electrons. The van der Waals surface area contributed by atoms with Gasteiger partial charge in [0.1, 0.15) is 0 Å². The average molecular weight is 360 g/mol. The van der Waals surface area contributed by atoms with Crippen LogP contribution >= 0.6 is 39.1 Å². The Hall–Kier alpha value is -1.23. The van der Waals surface area contributed by atoms with Crippen LogP contribution in [-0.4, -0.2) is 5.91 Å². The van der Waals surface area contributed by atoms with E-state index in [4.69, 9.17) is 28.9 Å². The first-order valence-electron chi connectivity index (χ1n) is 5.29. The first-order valence-corrected chi connectivity index (χ1v) is 6.83. The minimum atomic E-state index is -0.348. The van der Waals surface area contributed by atoms with Gasteiger partial charge in [0.15, 0.2) is 0 Å². The van der Waals surface area contributed by atoms with E-state index >= 15 is 0 Å². The molecule has 0 unspecified atom stereocenters. The molecule has 3 nitrogen and oxygen atoms in total. The van der Waals surface area contributed by atoms with E-state index in [9.17, 15) is 4.79 Å². The lowest BCUT2D eigenvalue weighted by molar-refractivity contribution is 0.102. The predicted octanol–water partition coefficient (Wildman–Crippen LogP) is 4.59. The van der Waals surface area contributed by atoms with Crippen molar-refractivity contribution < 1.29 is 4.79 Å². The zero-order valence-corrected chi connectivity index (χ0v) is 12.7. The van der Waals surface area contributed by atoms with Gasteiger partial charge in [-0.05, 0) is 36.4 Å². The predicted molar refractivity (Wildman–Crippen MR) is 83.0 cm³/mol. The van der Waals surface area contributed by atoms with Crippen molar-refractivity contribution in [1.29, 1.82) is 0 Å². The Morgan fingerprint density at radius 1 is 1.11 bits per heavy atom. The standard InChI is InChI=1S/C13H9BrCl2N2O/c14-7-1-3-10(15)9(5-7)13(19)18-12-6-8(17)2-4-11(12)16/h1-6H,17H2,(H,18,19). The molecule has 2 rings (SSSR count). The molecule has 19 heavy (non-hydrogen) atoms. The molecule has 0 radical (unpaired) electrons. The summed E-state index contributed by atoms with van der Waals surface area (Å²) in [5.74, 6) is -0.348. The van der Waals surface area contributed by atoms with Gasteiger partial charge in [0.25, 0.3) is 5.91 Å². The number of nitrogen functional groups attached to an aromatic ring is 1. The molecule has 3 N–H and O–H groups in total. The second-order valence-corrected chi connectivity index (χ2v) is 5.55. The van der Waals surface area contributed by atoms with Gasteiger partial charge in [-0.15, -0.1) is 0 Å². The molecule has 0 aromatic heterocycles. The number of benzene rings is 2. The van der Waals surface area contributed by atoms with Crippen LogP contribution in [0.3, 0.4) is 0 Å². The maximum Gasteiger partial charge on any atom is 0.257 e. The fourth-order valence-electron chi connectivity index (χ4n) is 1.50. The van der Waals surface area contributed by atoms with Crippen molar-refractivity contribution in [2.75, 3.05) is 11.1 Å². The van der Waals surface area contributed by atoms with Crippen molar-refractivity contribution >= 4 is 56.4 Å². The number of amides is 1. The summed E-state index contributed by atoms with van der Waals surface area (Å²) < 4.78 is 0.765. The van der Waals surface area contributed by atoms with Gasteiger partial charge < -0.3 is 11.1 Å². The first kappa shape index (κ1) is 14.2. The van der Waals surface area contributed by atoms with Gasteiger partial charge >= 0.3 is 0 Å². The Balaban J connectivity index is 2.30. The van der Waals surface area contributed by atoms with Crippen LogP contribution in [0, 0.1) is 0 Å². The summed E-state index contributed by atoms with van der Waals surface area (Å²) in [6, 6.07) is 9.90. The number of carbonyl (C=O) groups is 1. The Morgan fingerprint density at radius 3 is 2.53 bits per heavy atom. The molecule has 6 heteroatoms. The maximum absolute atomic E-state index is 12.1. The fraction of sp³-hybridized carbons (Fsp3) is 0. The molecule has 2 aromatic carbocycles. The molecule has 0 saturated carbocycles. The fourth-order valence-corrected chi connectivity index (χ4v) is 2.23. The zero-order chi connectivity index (χ0) is 14.0. The monoisotopic (exact) mass is 358 g/mol. The SMILES string of the molecule is Nc1ccc(Cl)c(NC(=O)c2cc(Br)ccc2Cl)c1. The van der Waals surface area contributed by atoms with Crippen LogP contribution < -0.4 is 11.1 Å². The number of hydrogen-bond acceptors (Lipinski definition) is 2. The number of rotatable bonds is 2. The van der Waals surface area contributed by atoms with Gasteiger partial charge in [-0.2, -0.15) is 0 Å². The third kappa shape index (κ3) is 3.41. The lowest BCUT2D eigenvalue weighted by Gasteiger charge is -2.09. The molecule has 1 amide bonds. The Kier molecular flexibility index (Phi) is 4.34. The van der Waals surface area contributed by atoms with E-state index in [0.717, 1.165) is 4.47 Å². The quantitative estimate of drug-likeness (QED) is 0.770. The lowest BCUT2D eigenvalue weighted by atomic mass is 10.2.